The maximum atomic E-state index is 12.6. The van der Waals surface area contributed by atoms with Gasteiger partial charge in [0.15, 0.2) is 11.4 Å². The Hall–Kier alpha value is -2.80. The number of aliphatic carboxylic acids is 1. The quantitative estimate of drug-likeness (QED) is 0.859. The van der Waals surface area contributed by atoms with Crippen molar-refractivity contribution in [2.24, 2.45) is 0 Å². The first-order chi connectivity index (χ1) is 12.0. The Bertz CT molecular complexity index is 746. The largest absolute Gasteiger partial charge is 0.489 e. The molecule has 2 N–H and O–H groups in total. The summed E-state index contributed by atoms with van der Waals surface area (Å²) in [6.45, 7) is 0.497. The monoisotopic (exact) mass is 345 g/mol. The lowest BCUT2D eigenvalue weighted by Gasteiger charge is -2.35. The van der Waals surface area contributed by atoms with Crippen molar-refractivity contribution in [2.45, 2.75) is 25.0 Å². The van der Waals surface area contributed by atoms with E-state index in [-0.39, 0.29) is 44.2 Å². The number of carbonyl (C=O) groups excluding carboxylic acids is 1. The van der Waals surface area contributed by atoms with Gasteiger partial charge in [0, 0.05) is 31.5 Å². The van der Waals surface area contributed by atoms with Crippen molar-refractivity contribution in [3.63, 3.8) is 0 Å². The third-order valence-corrected chi connectivity index (χ3v) is 4.35. The second-order valence-electron chi connectivity index (χ2n) is 6.01. The van der Waals surface area contributed by atoms with Crippen LogP contribution in [0.2, 0.25) is 0 Å². The lowest BCUT2D eigenvalue weighted by molar-refractivity contribution is -0.162. The molecule has 25 heavy (non-hydrogen) atoms. The molecule has 1 amide bonds. The summed E-state index contributed by atoms with van der Waals surface area (Å²) in [6.07, 6.45) is 1.41. The van der Waals surface area contributed by atoms with Crippen LogP contribution in [0.1, 0.15) is 29.0 Å². The molecule has 0 radical (unpaired) electrons. The molecule has 0 spiro atoms. The van der Waals surface area contributed by atoms with E-state index in [2.05, 4.69) is 0 Å². The lowest BCUT2D eigenvalue weighted by Crippen LogP contribution is -2.50. The average molecular weight is 345 g/mol. The maximum Gasteiger partial charge on any atom is 0.335 e. The van der Waals surface area contributed by atoms with Gasteiger partial charge >= 0.3 is 5.97 Å². The highest BCUT2D eigenvalue weighted by Gasteiger charge is 2.41. The van der Waals surface area contributed by atoms with E-state index in [4.69, 9.17) is 14.3 Å². The van der Waals surface area contributed by atoms with Gasteiger partial charge < -0.3 is 24.3 Å². The Balaban J connectivity index is 1.64. The summed E-state index contributed by atoms with van der Waals surface area (Å²) in [4.78, 5) is 25.2. The molecule has 7 heteroatoms. The molecule has 1 aliphatic rings. The number of carbonyl (C=O) groups is 2. The zero-order chi connectivity index (χ0) is 17.9. The Morgan fingerprint density at radius 2 is 1.84 bits per heavy atom. The SMILES string of the molecule is O=C(c1occc1COc1ccccc1)N1CCC(O)(C(=O)O)CC1. The van der Waals surface area contributed by atoms with Gasteiger partial charge in [0.05, 0.1) is 6.26 Å². The van der Waals surface area contributed by atoms with Gasteiger partial charge in [0.25, 0.3) is 5.91 Å². The van der Waals surface area contributed by atoms with Gasteiger partial charge in [-0.25, -0.2) is 4.79 Å². The molecule has 1 aliphatic heterocycles. The average Bonchev–Trinajstić information content (AvgIpc) is 3.09. The summed E-state index contributed by atoms with van der Waals surface area (Å²) in [7, 11) is 0. The predicted molar refractivity (Wildman–Crippen MR) is 87.2 cm³/mol. The maximum absolute atomic E-state index is 12.6. The second-order valence-corrected chi connectivity index (χ2v) is 6.01. The summed E-state index contributed by atoms with van der Waals surface area (Å²) in [5.41, 5.74) is -1.15. The fourth-order valence-electron chi connectivity index (χ4n) is 2.75. The first-order valence-electron chi connectivity index (χ1n) is 7.99. The first-order valence-corrected chi connectivity index (χ1v) is 7.99. The van der Waals surface area contributed by atoms with Crippen molar-refractivity contribution in [3.8, 4) is 5.75 Å². The summed E-state index contributed by atoms with van der Waals surface area (Å²) in [6, 6.07) is 10.9. The van der Waals surface area contributed by atoms with E-state index in [0.717, 1.165) is 0 Å². The molecule has 0 bridgehead atoms. The van der Waals surface area contributed by atoms with Gasteiger partial charge in [-0.05, 0) is 18.2 Å². The molecule has 3 rings (SSSR count). The van der Waals surface area contributed by atoms with E-state index < -0.39 is 11.6 Å². The van der Waals surface area contributed by atoms with Crippen LogP contribution < -0.4 is 4.74 Å². The van der Waals surface area contributed by atoms with Crippen molar-refractivity contribution in [2.75, 3.05) is 13.1 Å². The summed E-state index contributed by atoms with van der Waals surface area (Å²) < 4.78 is 11.0. The minimum Gasteiger partial charge on any atom is -0.489 e. The molecule has 1 aromatic heterocycles. The summed E-state index contributed by atoms with van der Waals surface area (Å²) in [5, 5.41) is 19.0. The van der Waals surface area contributed by atoms with Crippen LogP contribution >= 0.6 is 0 Å². The number of piperidine rings is 1. The van der Waals surface area contributed by atoms with E-state index >= 15 is 0 Å². The molecule has 7 nitrogen and oxygen atoms in total. The number of carboxylic acid groups (broad SMARTS) is 1. The number of hydrogen-bond donors (Lipinski definition) is 2. The van der Waals surface area contributed by atoms with Crippen molar-refractivity contribution in [1.29, 1.82) is 0 Å². The first kappa shape index (κ1) is 17.0. The van der Waals surface area contributed by atoms with E-state index in [1.807, 2.05) is 30.3 Å². The molecule has 0 unspecified atom stereocenters. The molecule has 1 aromatic carbocycles. The van der Waals surface area contributed by atoms with Crippen LogP contribution in [-0.2, 0) is 11.4 Å². The van der Waals surface area contributed by atoms with Crippen molar-refractivity contribution >= 4 is 11.9 Å². The summed E-state index contributed by atoms with van der Waals surface area (Å²) in [5.74, 6) is -0.720. The number of carboxylic acids is 1. The Morgan fingerprint density at radius 3 is 2.48 bits per heavy atom. The fraction of sp³-hybridized carbons (Fsp3) is 0.333. The molecule has 1 saturated heterocycles. The van der Waals surface area contributed by atoms with Gasteiger partial charge in [-0.15, -0.1) is 0 Å². The zero-order valence-electron chi connectivity index (χ0n) is 13.6. The van der Waals surface area contributed by atoms with Crippen molar-refractivity contribution in [3.05, 3.63) is 54.0 Å². The molecule has 0 aliphatic carbocycles. The molecular weight excluding hydrogens is 326 g/mol. The summed E-state index contributed by atoms with van der Waals surface area (Å²) >= 11 is 0. The molecule has 2 heterocycles. The highest BCUT2D eigenvalue weighted by Crippen LogP contribution is 2.25. The number of para-hydroxylation sites is 1. The van der Waals surface area contributed by atoms with Crippen LogP contribution in [0.5, 0.6) is 5.75 Å². The minimum atomic E-state index is -1.76. The van der Waals surface area contributed by atoms with E-state index in [1.165, 1.54) is 11.2 Å². The smallest absolute Gasteiger partial charge is 0.335 e. The number of rotatable bonds is 5. The second kappa shape index (κ2) is 6.98. The van der Waals surface area contributed by atoms with Crippen LogP contribution in [0, 0.1) is 0 Å². The number of nitrogens with zero attached hydrogens (tertiary/aromatic N) is 1. The number of benzene rings is 1. The van der Waals surface area contributed by atoms with Crippen LogP contribution in [0.25, 0.3) is 0 Å². The number of furan rings is 1. The van der Waals surface area contributed by atoms with Crippen LogP contribution in [-0.4, -0.2) is 45.7 Å². The molecule has 1 fully saturated rings. The highest BCUT2D eigenvalue weighted by molar-refractivity contribution is 5.93. The Morgan fingerprint density at radius 1 is 1.16 bits per heavy atom. The van der Waals surface area contributed by atoms with Gasteiger partial charge in [0.1, 0.15) is 12.4 Å². The van der Waals surface area contributed by atoms with Gasteiger partial charge in [-0.1, -0.05) is 18.2 Å². The topological polar surface area (TPSA) is 100 Å². The Kier molecular flexibility index (Phi) is 4.76. The van der Waals surface area contributed by atoms with Crippen molar-refractivity contribution < 1.29 is 29.0 Å². The predicted octanol–water partition coefficient (Wildman–Crippen LogP) is 1.91. The van der Waals surface area contributed by atoms with E-state index in [1.54, 1.807) is 6.07 Å². The zero-order valence-corrected chi connectivity index (χ0v) is 13.6. The van der Waals surface area contributed by atoms with Crippen LogP contribution in [0.3, 0.4) is 0 Å². The fourth-order valence-corrected chi connectivity index (χ4v) is 2.75. The number of aliphatic hydroxyl groups is 1. The standard InChI is InChI=1S/C18H19NO6/c20-16(19-9-7-18(23,8-10-19)17(21)22)15-13(6-11-24-15)12-25-14-4-2-1-3-5-14/h1-6,11,23H,7-10,12H2,(H,21,22). The lowest BCUT2D eigenvalue weighted by atomic mass is 9.91. The molecule has 132 valence electrons. The number of ether oxygens (including phenoxy) is 1. The van der Waals surface area contributed by atoms with Gasteiger partial charge in [0.2, 0.25) is 0 Å². The number of likely N-dealkylation sites (tertiary alicyclic amines) is 1. The van der Waals surface area contributed by atoms with Gasteiger partial charge in [-0.2, -0.15) is 0 Å². The van der Waals surface area contributed by atoms with Gasteiger partial charge in [-0.3, -0.25) is 4.79 Å². The normalized spacial score (nSPS) is 16.4. The minimum absolute atomic E-state index is 0.00930. The molecular formula is C18H19NO6. The van der Waals surface area contributed by atoms with E-state index in [0.29, 0.717) is 11.3 Å². The Labute approximate surface area is 144 Å². The third kappa shape index (κ3) is 3.66. The van der Waals surface area contributed by atoms with Crippen molar-refractivity contribution in [1.82, 2.24) is 4.90 Å². The third-order valence-electron chi connectivity index (χ3n) is 4.35. The van der Waals surface area contributed by atoms with E-state index in [9.17, 15) is 14.7 Å². The molecule has 2 aromatic rings. The molecule has 0 saturated carbocycles. The molecule has 0 atom stereocenters. The van der Waals surface area contributed by atoms with Crippen LogP contribution in [0.4, 0.5) is 0 Å². The highest BCUT2D eigenvalue weighted by atomic mass is 16.5. The van der Waals surface area contributed by atoms with Crippen LogP contribution in [0.15, 0.2) is 47.1 Å². The number of hydrogen-bond acceptors (Lipinski definition) is 5. The number of amides is 1.